The third-order valence-electron chi connectivity index (χ3n) is 4.16. The first-order valence-corrected chi connectivity index (χ1v) is 9.53. The third kappa shape index (κ3) is 3.39. The molecular formula is C15H19BrN6S. The van der Waals surface area contributed by atoms with Gasteiger partial charge in [0, 0.05) is 42.1 Å². The minimum absolute atomic E-state index is 0.630. The van der Waals surface area contributed by atoms with Crippen molar-refractivity contribution >= 4 is 44.0 Å². The number of piperazine rings is 1. The lowest BCUT2D eigenvalue weighted by Gasteiger charge is -2.35. The minimum Gasteiger partial charge on any atom is -0.349 e. The monoisotopic (exact) mass is 394 g/mol. The van der Waals surface area contributed by atoms with Gasteiger partial charge in [0.25, 0.3) is 0 Å². The molecule has 2 aliphatic rings. The number of nitrogens with zero attached hydrogens (tertiary/aromatic N) is 5. The average Bonchev–Trinajstić information content (AvgIpc) is 3.13. The normalized spacial score (nSPS) is 22.8. The topological polar surface area (TPSA) is 60.4 Å². The zero-order chi connectivity index (χ0) is 15.8. The number of imidazole rings is 1. The molecule has 6 nitrogen and oxygen atoms in total. The van der Waals surface area contributed by atoms with Gasteiger partial charge in [-0.1, -0.05) is 18.7 Å². The fourth-order valence-corrected chi connectivity index (χ4v) is 4.26. The van der Waals surface area contributed by atoms with Gasteiger partial charge in [-0.05, 0) is 22.0 Å². The molecule has 0 amide bonds. The van der Waals surface area contributed by atoms with Crippen LogP contribution in [0.25, 0.3) is 11.2 Å². The molecule has 4 heterocycles. The van der Waals surface area contributed by atoms with Crippen LogP contribution < -0.4 is 0 Å². The van der Waals surface area contributed by atoms with Crippen molar-refractivity contribution in [2.45, 2.75) is 18.7 Å². The standard InChI is InChI=1S/C15H19BrN6S/c1-10-7-18-15(23-10)22-4-2-21(3-5-22)9-13-19-12-6-11(16)8-17-14(12)20-13/h6,8,10H,2-5,7,9H2,1H3,(H,17,19,20). The number of hydrogen-bond donors (Lipinski definition) is 1. The molecule has 1 saturated heterocycles. The van der Waals surface area contributed by atoms with E-state index in [9.17, 15) is 0 Å². The minimum atomic E-state index is 0.630. The number of rotatable bonds is 2. The molecule has 1 N–H and O–H groups in total. The average molecular weight is 395 g/mol. The molecule has 0 aromatic carbocycles. The van der Waals surface area contributed by atoms with Crippen molar-refractivity contribution in [1.82, 2.24) is 24.8 Å². The van der Waals surface area contributed by atoms with E-state index in [1.54, 1.807) is 6.20 Å². The van der Waals surface area contributed by atoms with Crippen LogP contribution >= 0.6 is 27.7 Å². The molecule has 23 heavy (non-hydrogen) atoms. The van der Waals surface area contributed by atoms with Gasteiger partial charge in [-0.2, -0.15) is 0 Å². The molecule has 0 aliphatic carbocycles. The van der Waals surface area contributed by atoms with E-state index in [0.717, 1.165) is 60.7 Å². The highest BCUT2D eigenvalue weighted by Gasteiger charge is 2.25. The highest BCUT2D eigenvalue weighted by molar-refractivity contribution is 9.10. The zero-order valence-corrected chi connectivity index (χ0v) is 15.4. The summed E-state index contributed by atoms with van der Waals surface area (Å²) in [6, 6.07) is 2.02. The first kappa shape index (κ1) is 15.4. The smallest absolute Gasteiger partial charge is 0.177 e. The van der Waals surface area contributed by atoms with Crippen LogP contribution in [0.1, 0.15) is 12.7 Å². The Morgan fingerprint density at radius 1 is 1.35 bits per heavy atom. The number of nitrogens with one attached hydrogen (secondary N) is 1. The van der Waals surface area contributed by atoms with E-state index in [4.69, 9.17) is 0 Å². The maximum absolute atomic E-state index is 4.64. The van der Waals surface area contributed by atoms with Crippen LogP contribution in [0.4, 0.5) is 0 Å². The number of halogens is 1. The second kappa shape index (κ2) is 6.41. The largest absolute Gasteiger partial charge is 0.349 e. The molecule has 2 aliphatic heterocycles. The number of fused-ring (bicyclic) bond motifs is 1. The van der Waals surface area contributed by atoms with Crippen LogP contribution in [0.5, 0.6) is 0 Å². The van der Waals surface area contributed by atoms with Crippen LogP contribution in [-0.4, -0.2) is 67.9 Å². The molecular weight excluding hydrogens is 376 g/mol. The number of hydrogen-bond acceptors (Lipinski definition) is 6. The van der Waals surface area contributed by atoms with Crippen molar-refractivity contribution < 1.29 is 0 Å². The summed E-state index contributed by atoms with van der Waals surface area (Å²) in [6.07, 6.45) is 1.78. The zero-order valence-electron chi connectivity index (χ0n) is 13.0. The predicted molar refractivity (Wildman–Crippen MR) is 97.8 cm³/mol. The number of aromatic amines is 1. The van der Waals surface area contributed by atoms with Crippen molar-refractivity contribution in [1.29, 1.82) is 0 Å². The van der Waals surface area contributed by atoms with Crippen LogP contribution in [0.2, 0.25) is 0 Å². The molecule has 0 radical (unpaired) electrons. The Labute approximate surface area is 147 Å². The van der Waals surface area contributed by atoms with Gasteiger partial charge in [0.2, 0.25) is 0 Å². The number of H-pyrrole nitrogens is 1. The summed E-state index contributed by atoms with van der Waals surface area (Å²) in [6.45, 7) is 8.22. The Kier molecular flexibility index (Phi) is 4.29. The number of aromatic nitrogens is 3. The second-order valence-electron chi connectivity index (χ2n) is 6.02. The van der Waals surface area contributed by atoms with Gasteiger partial charge in [-0.15, -0.1) is 0 Å². The first-order valence-electron chi connectivity index (χ1n) is 7.86. The summed E-state index contributed by atoms with van der Waals surface area (Å²) >= 11 is 5.35. The third-order valence-corrected chi connectivity index (χ3v) is 5.74. The Morgan fingerprint density at radius 2 is 2.17 bits per heavy atom. The van der Waals surface area contributed by atoms with Crippen LogP contribution in [0.3, 0.4) is 0 Å². The summed E-state index contributed by atoms with van der Waals surface area (Å²) < 4.78 is 0.970. The van der Waals surface area contributed by atoms with Crippen molar-refractivity contribution in [3.63, 3.8) is 0 Å². The molecule has 0 bridgehead atoms. The molecule has 122 valence electrons. The van der Waals surface area contributed by atoms with Gasteiger partial charge in [0.05, 0.1) is 18.6 Å². The van der Waals surface area contributed by atoms with E-state index in [-0.39, 0.29) is 0 Å². The van der Waals surface area contributed by atoms with Crippen molar-refractivity contribution in [3.05, 3.63) is 22.6 Å². The number of aliphatic imine (C=N–C) groups is 1. The molecule has 4 rings (SSSR count). The lowest BCUT2D eigenvalue weighted by atomic mass is 10.3. The Balaban J connectivity index is 1.37. The molecule has 2 aromatic rings. The second-order valence-corrected chi connectivity index (χ2v) is 8.34. The highest BCUT2D eigenvalue weighted by atomic mass is 79.9. The van der Waals surface area contributed by atoms with E-state index in [0.29, 0.717) is 5.25 Å². The molecule has 2 aromatic heterocycles. The van der Waals surface area contributed by atoms with E-state index >= 15 is 0 Å². The van der Waals surface area contributed by atoms with Gasteiger partial charge in [-0.3, -0.25) is 9.89 Å². The highest BCUT2D eigenvalue weighted by Crippen LogP contribution is 2.24. The van der Waals surface area contributed by atoms with E-state index < -0.39 is 0 Å². The van der Waals surface area contributed by atoms with Gasteiger partial charge in [-0.25, -0.2) is 9.97 Å². The van der Waals surface area contributed by atoms with Crippen molar-refractivity contribution in [2.24, 2.45) is 4.99 Å². The summed E-state index contributed by atoms with van der Waals surface area (Å²) in [4.78, 5) is 21.8. The van der Waals surface area contributed by atoms with Crippen molar-refractivity contribution in [2.75, 3.05) is 32.7 Å². The van der Waals surface area contributed by atoms with Gasteiger partial charge < -0.3 is 9.88 Å². The number of pyridine rings is 1. The predicted octanol–water partition coefficient (Wildman–Crippen LogP) is 2.33. The van der Waals surface area contributed by atoms with E-state index in [1.807, 2.05) is 17.8 Å². The van der Waals surface area contributed by atoms with Gasteiger partial charge in [0.15, 0.2) is 10.8 Å². The SMILES string of the molecule is CC1CN=C(N2CCN(Cc3nc4ncc(Br)cc4[nH]3)CC2)S1. The van der Waals surface area contributed by atoms with Crippen LogP contribution in [-0.2, 0) is 6.54 Å². The van der Waals surface area contributed by atoms with E-state index in [1.165, 1.54) is 5.17 Å². The Hall–Kier alpha value is -1.12. The first-order chi connectivity index (χ1) is 11.2. The van der Waals surface area contributed by atoms with Crippen molar-refractivity contribution in [3.8, 4) is 0 Å². The van der Waals surface area contributed by atoms with Crippen LogP contribution in [0, 0.1) is 0 Å². The fraction of sp³-hybridized carbons (Fsp3) is 0.533. The van der Waals surface area contributed by atoms with Gasteiger partial charge >= 0.3 is 0 Å². The summed E-state index contributed by atoms with van der Waals surface area (Å²) in [5.74, 6) is 0.986. The molecule has 1 fully saturated rings. The lowest BCUT2D eigenvalue weighted by Crippen LogP contribution is -2.47. The number of amidine groups is 1. The number of thioether (sulfide) groups is 1. The molecule has 0 spiro atoms. The summed E-state index contributed by atoms with van der Waals surface area (Å²) in [5.41, 5.74) is 1.77. The Bertz CT molecular complexity index is 737. The fourth-order valence-electron chi connectivity index (χ4n) is 2.94. The maximum Gasteiger partial charge on any atom is 0.177 e. The molecule has 1 unspecified atom stereocenters. The summed E-state index contributed by atoms with van der Waals surface area (Å²) in [7, 11) is 0. The Morgan fingerprint density at radius 3 is 2.91 bits per heavy atom. The quantitative estimate of drug-likeness (QED) is 0.846. The lowest BCUT2D eigenvalue weighted by molar-refractivity contribution is 0.174. The maximum atomic E-state index is 4.64. The van der Waals surface area contributed by atoms with Crippen LogP contribution in [0.15, 0.2) is 21.7 Å². The van der Waals surface area contributed by atoms with Gasteiger partial charge in [0.1, 0.15) is 5.82 Å². The molecule has 1 atom stereocenters. The molecule has 8 heteroatoms. The summed E-state index contributed by atoms with van der Waals surface area (Å²) in [5, 5.41) is 1.86. The molecule has 0 saturated carbocycles. The van der Waals surface area contributed by atoms with E-state index in [2.05, 4.69) is 52.6 Å².